The fourth-order valence-electron chi connectivity index (χ4n) is 2.34. The molecule has 0 radical (unpaired) electrons. The molecular weight excluding hydrogens is 336 g/mol. The molecule has 0 aliphatic heterocycles. The van der Waals surface area contributed by atoms with Gasteiger partial charge in [0.1, 0.15) is 12.4 Å². The number of hydrogen-bond donors (Lipinski definition) is 0. The fraction of sp³-hybridized carbons (Fsp3) is 0.267. The Hall–Kier alpha value is -1.33. The number of rotatable bonds is 4. The maximum Gasteiger partial charge on any atom is 0.193 e. The van der Waals surface area contributed by atoms with Crippen LogP contribution in [0.15, 0.2) is 29.9 Å². The van der Waals surface area contributed by atoms with Crippen molar-refractivity contribution in [3.63, 3.8) is 0 Å². The third-order valence-corrected chi connectivity index (χ3v) is 4.60. The summed E-state index contributed by atoms with van der Waals surface area (Å²) in [7, 11) is 0. The van der Waals surface area contributed by atoms with Gasteiger partial charge in [0.15, 0.2) is 4.96 Å². The van der Waals surface area contributed by atoms with Crippen LogP contribution in [0, 0.1) is 13.8 Å². The zero-order valence-electron chi connectivity index (χ0n) is 11.4. The number of nitrogens with zero attached hydrogens (tertiary/aromatic N) is 2. The van der Waals surface area contributed by atoms with E-state index in [2.05, 4.69) is 46.9 Å². The summed E-state index contributed by atoms with van der Waals surface area (Å²) in [5, 5.41) is 2.90. The number of fused-ring (bicyclic) bond motifs is 1. The van der Waals surface area contributed by atoms with E-state index < -0.39 is 0 Å². The molecule has 2 aromatic heterocycles. The summed E-state index contributed by atoms with van der Waals surface area (Å²) in [5.41, 5.74) is 4.57. The first kappa shape index (κ1) is 13.6. The van der Waals surface area contributed by atoms with Crippen LogP contribution in [0.1, 0.15) is 22.4 Å². The molecule has 0 amide bonds. The lowest BCUT2D eigenvalue weighted by Crippen LogP contribution is -2.00. The summed E-state index contributed by atoms with van der Waals surface area (Å²) in [6, 6.07) is 4.31. The van der Waals surface area contributed by atoms with E-state index in [0.717, 1.165) is 21.7 Å². The highest BCUT2D eigenvalue weighted by molar-refractivity contribution is 9.08. The van der Waals surface area contributed by atoms with Crippen molar-refractivity contribution in [2.45, 2.75) is 25.8 Å². The van der Waals surface area contributed by atoms with Crippen LogP contribution in [-0.2, 0) is 11.9 Å². The van der Waals surface area contributed by atoms with Gasteiger partial charge in [0.25, 0.3) is 0 Å². The van der Waals surface area contributed by atoms with Gasteiger partial charge in [-0.15, -0.1) is 11.3 Å². The summed E-state index contributed by atoms with van der Waals surface area (Å²) >= 11 is 5.12. The Bertz CT molecular complexity index is 696. The fourth-order valence-corrected chi connectivity index (χ4v) is 3.38. The Morgan fingerprint density at radius 3 is 2.70 bits per heavy atom. The first-order chi connectivity index (χ1) is 9.67. The number of halogens is 1. The zero-order valence-corrected chi connectivity index (χ0v) is 13.8. The van der Waals surface area contributed by atoms with Gasteiger partial charge >= 0.3 is 0 Å². The van der Waals surface area contributed by atoms with Crippen molar-refractivity contribution in [1.82, 2.24) is 9.38 Å². The van der Waals surface area contributed by atoms with Gasteiger partial charge in [0, 0.05) is 23.1 Å². The summed E-state index contributed by atoms with van der Waals surface area (Å²) < 4.78 is 7.99. The minimum absolute atomic E-state index is 0.504. The van der Waals surface area contributed by atoms with Gasteiger partial charge < -0.3 is 4.74 Å². The number of hydrogen-bond acceptors (Lipinski definition) is 3. The molecule has 3 aromatic rings. The monoisotopic (exact) mass is 350 g/mol. The zero-order chi connectivity index (χ0) is 14.1. The summed E-state index contributed by atoms with van der Waals surface area (Å²) in [4.78, 5) is 5.54. The summed E-state index contributed by atoms with van der Waals surface area (Å²) in [6.45, 7) is 4.67. The van der Waals surface area contributed by atoms with Crippen LogP contribution in [0.5, 0.6) is 5.75 Å². The van der Waals surface area contributed by atoms with E-state index in [4.69, 9.17) is 4.74 Å². The SMILES string of the molecule is Cc1cc(CBr)cc(C)c1OCc1cn2ccsc2n1. The van der Waals surface area contributed by atoms with Crippen LogP contribution in [0.2, 0.25) is 0 Å². The standard InChI is InChI=1S/C15H15BrN2OS/c1-10-5-12(7-16)6-11(2)14(10)19-9-13-8-18-3-4-20-15(18)17-13/h3-6,8H,7,9H2,1-2H3. The van der Waals surface area contributed by atoms with Gasteiger partial charge in [0.05, 0.1) is 5.69 Å². The molecule has 0 saturated carbocycles. The van der Waals surface area contributed by atoms with Gasteiger partial charge in [-0.3, -0.25) is 4.40 Å². The molecule has 0 saturated heterocycles. The van der Waals surface area contributed by atoms with Crippen LogP contribution in [-0.4, -0.2) is 9.38 Å². The molecule has 1 aromatic carbocycles. The molecule has 20 heavy (non-hydrogen) atoms. The molecule has 5 heteroatoms. The number of alkyl halides is 1. The average molecular weight is 351 g/mol. The van der Waals surface area contributed by atoms with Crippen molar-refractivity contribution in [3.8, 4) is 5.75 Å². The number of thiazole rings is 1. The largest absolute Gasteiger partial charge is 0.487 e. The molecule has 0 spiro atoms. The highest BCUT2D eigenvalue weighted by Crippen LogP contribution is 2.26. The second-order valence-corrected chi connectivity index (χ2v) is 6.24. The van der Waals surface area contributed by atoms with E-state index in [-0.39, 0.29) is 0 Å². The van der Waals surface area contributed by atoms with Crippen molar-refractivity contribution in [3.05, 3.63) is 52.3 Å². The van der Waals surface area contributed by atoms with Crippen molar-refractivity contribution < 1.29 is 4.74 Å². The van der Waals surface area contributed by atoms with Crippen LogP contribution >= 0.6 is 27.3 Å². The van der Waals surface area contributed by atoms with E-state index in [9.17, 15) is 0 Å². The molecule has 2 heterocycles. The second-order valence-electron chi connectivity index (χ2n) is 4.81. The third-order valence-electron chi connectivity index (χ3n) is 3.18. The minimum Gasteiger partial charge on any atom is -0.487 e. The maximum absolute atomic E-state index is 5.97. The Morgan fingerprint density at radius 1 is 1.30 bits per heavy atom. The predicted molar refractivity (Wildman–Crippen MR) is 85.9 cm³/mol. The average Bonchev–Trinajstić information content (AvgIpc) is 2.98. The Morgan fingerprint density at radius 2 is 2.05 bits per heavy atom. The number of aryl methyl sites for hydroxylation is 2. The molecule has 0 atom stereocenters. The predicted octanol–water partition coefficient (Wildman–Crippen LogP) is 4.49. The lowest BCUT2D eigenvalue weighted by Gasteiger charge is -2.12. The van der Waals surface area contributed by atoms with Crippen LogP contribution in [0.4, 0.5) is 0 Å². The molecule has 0 fully saturated rings. The van der Waals surface area contributed by atoms with Crippen LogP contribution in [0.3, 0.4) is 0 Å². The second kappa shape index (κ2) is 5.58. The van der Waals surface area contributed by atoms with Crippen LogP contribution < -0.4 is 4.74 Å². The first-order valence-electron chi connectivity index (χ1n) is 6.37. The quantitative estimate of drug-likeness (QED) is 0.648. The smallest absolute Gasteiger partial charge is 0.193 e. The highest BCUT2D eigenvalue weighted by atomic mass is 79.9. The van der Waals surface area contributed by atoms with Gasteiger partial charge in [-0.05, 0) is 30.5 Å². The molecule has 3 rings (SSSR count). The summed E-state index contributed by atoms with van der Waals surface area (Å²) in [5.74, 6) is 0.964. The molecule has 3 nitrogen and oxygen atoms in total. The number of benzene rings is 1. The summed E-state index contributed by atoms with van der Waals surface area (Å²) in [6.07, 6.45) is 4.03. The van der Waals surface area contributed by atoms with Gasteiger partial charge in [-0.1, -0.05) is 28.1 Å². The van der Waals surface area contributed by atoms with E-state index in [1.54, 1.807) is 11.3 Å². The topological polar surface area (TPSA) is 26.5 Å². The molecule has 0 N–H and O–H groups in total. The van der Waals surface area contributed by atoms with Crippen molar-refractivity contribution >= 4 is 32.2 Å². The molecule has 0 unspecified atom stereocenters. The normalized spacial score (nSPS) is 11.2. The lowest BCUT2D eigenvalue weighted by molar-refractivity contribution is 0.298. The van der Waals surface area contributed by atoms with Gasteiger partial charge in [-0.25, -0.2) is 4.98 Å². The molecule has 104 valence electrons. The highest BCUT2D eigenvalue weighted by Gasteiger charge is 2.08. The first-order valence-corrected chi connectivity index (χ1v) is 8.37. The van der Waals surface area contributed by atoms with E-state index in [0.29, 0.717) is 6.61 Å². The molecular formula is C15H15BrN2OS. The third kappa shape index (κ3) is 2.60. The molecule has 0 aliphatic rings. The Balaban J connectivity index is 1.79. The number of imidazole rings is 1. The number of ether oxygens (including phenoxy) is 1. The Kier molecular flexibility index (Phi) is 3.81. The van der Waals surface area contributed by atoms with Gasteiger partial charge in [0.2, 0.25) is 0 Å². The van der Waals surface area contributed by atoms with Crippen molar-refractivity contribution in [2.24, 2.45) is 0 Å². The number of aromatic nitrogens is 2. The van der Waals surface area contributed by atoms with E-state index in [1.807, 2.05) is 22.2 Å². The minimum atomic E-state index is 0.504. The maximum atomic E-state index is 5.97. The molecule has 0 bridgehead atoms. The Labute approximate surface area is 130 Å². The van der Waals surface area contributed by atoms with Gasteiger partial charge in [-0.2, -0.15) is 0 Å². The van der Waals surface area contributed by atoms with E-state index in [1.165, 1.54) is 16.7 Å². The van der Waals surface area contributed by atoms with Crippen molar-refractivity contribution in [1.29, 1.82) is 0 Å². The van der Waals surface area contributed by atoms with Crippen molar-refractivity contribution in [2.75, 3.05) is 0 Å². The van der Waals surface area contributed by atoms with E-state index >= 15 is 0 Å². The molecule has 0 aliphatic carbocycles. The van der Waals surface area contributed by atoms with Crippen LogP contribution in [0.25, 0.3) is 4.96 Å². The lowest BCUT2D eigenvalue weighted by atomic mass is 10.1.